The van der Waals surface area contributed by atoms with Gasteiger partial charge >= 0.3 is 0 Å². The molecule has 1 N–H and O–H groups in total. The summed E-state index contributed by atoms with van der Waals surface area (Å²) in [5.74, 6) is -0.242. The fraction of sp³-hybridized carbons (Fsp3) is 0.333. The third-order valence-corrected chi connectivity index (χ3v) is 5.24. The van der Waals surface area contributed by atoms with E-state index in [0.29, 0.717) is 13.1 Å². The number of amides is 2. The van der Waals surface area contributed by atoms with Crippen molar-refractivity contribution in [2.75, 3.05) is 31.1 Å². The summed E-state index contributed by atoms with van der Waals surface area (Å²) >= 11 is 0. The number of benzene rings is 2. The van der Waals surface area contributed by atoms with E-state index in [4.69, 9.17) is 0 Å². The molecule has 2 saturated heterocycles. The number of para-hydroxylation sites is 1. The quantitative estimate of drug-likeness (QED) is 0.883. The molecule has 2 amide bonds. The lowest BCUT2D eigenvalue weighted by Crippen LogP contribution is -2.49. The van der Waals surface area contributed by atoms with Gasteiger partial charge in [-0.15, -0.1) is 12.4 Å². The van der Waals surface area contributed by atoms with Crippen molar-refractivity contribution in [1.82, 2.24) is 10.2 Å². The smallest absolute Gasteiger partial charge is 0.228 e. The molecule has 0 bridgehead atoms. The number of nitrogens with zero attached hydrogens (tertiary/aromatic N) is 2. The molecule has 5 nitrogen and oxygen atoms in total. The van der Waals surface area contributed by atoms with Crippen molar-refractivity contribution in [2.24, 2.45) is 5.92 Å². The minimum absolute atomic E-state index is 0. The molecule has 27 heavy (non-hydrogen) atoms. The molecule has 0 aromatic heterocycles. The van der Waals surface area contributed by atoms with Gasteiger partial charge in [-0.3, -0.25) is 9.59 Å². The van der Waals surface area contributed by atoms with E-state index in [1.165, 1.54) is 0 Å². The molecular formula is C21H24ClN3O2. The Hall–Kier alpha value is -2.37. The zero-order valence-electron chi connectivity index (χ0n) is 15.1. The van der Waals surface area contributed by atoms with Gasteiger partial charge < -0.3 is 15.1 Å². The predicted octanol–water partition coefficient (Wildman–Crippen LogP) is 2.63. The van der Waals surface area contributed by atoms with Crippen molar-refractivity contribution < 1.29 is 9.59 Å². The van der Waals surface area contributed by atoms with Crippen LogP contribution in [-0.2, 0) is 9.59 Å². The Morgan fingerprint density at radius 2 is 1.52 bits per heavy atom. The number of nitrogens with one attached hydrogen (secondary N) is 1. The summed E-state index contributed by atoms with van der Waals surface area (Å²) in [6, 6.07) is 19.3. The highest BCUT2D eigenvalue weighted by atomic mass is 35.5. The van der Waals surface area contributed by atoms with Gasteiger partial charge in [-0.25, -0.2) is 0 Å². The molecular weight excluding hydrogens is 362 g/mol. The fourth-order valence-electron chi connectivity index (χ4n) is 4.00. The van der Waals surface area contributed by atoms with Gasteiger partial charge in [0, 0.05) is 38.3 Å². The van der Waals surface area contributed by atoms with Crippen LogP contribution in [0, 0.1) is 5.92 Å². The molecule has 2 aliphatic rings. The van der Waals surface area contributed by atoms with E-state index in [0.717, 1.165) is 24.3 Å². The number of carbonyl (C=O) groups is 2. The fourth-order valence-corrected chi connectivity index (χ4v) is 4.00. The normalized spacial score (nSPS) is 22.4. The highest BCUT2D eigenvalue weighted by Gasteiger charge is 2.46. The summed E-state index contributed by atoms with van der Waals surface area (Å²) in [7, 11) is 0. The minimum Gasteiger partial charge on any atom is -0.340 e. The average molecular weight is 386 g/mol. The van der Waals surface area contributed by atoms with Crippen LogP contribution in [0.15, 0.2) is 60.7 Å². The van der Waals surface area contributed by atoms with Crippen LogP contribution < -0.4 is 10.2 Å². The molecule has 0 radical (unpaired) electrons. The number of hydrogen-bond donors (Lipinski definition) is 1. The predicted molar refractivity (Wildman–Crippen MR) is 108 cm³/mol. The second-order valence-electron chi connectivity index (χ2n) is 6.84. The van der Waals surface area contributed by atoms with E-state index in [1.807, 2.05) is 65.6 Å². The van der Waals surface area contributed by atoms with E-state index < -0.39 is 0 Å². The van der Waals surface area contributed by atoms with Crippen LogP contribution in [0.4, 0.5) is 5.69 Å². The first kappa shape index (κ1) is 19.4. The number of halogens is 1. The lowest BCUT2D eigenvalue weighted by Gasteiger charge is -2.33. The zero-order valence-corrected chi connectivity index (χ0v) is 15.9. The number of anilines is 1. The van der Waals surface area contributed by atoms with E-state index in [2.05, 4.69) is 5.32 Å². The van der Waals surface area contributed by atoms with E-state index in [9.17, 15) is 9.59 Å². The first-order chi connectivity index (χ1) is 12.8. The molecule has 0 saturated carbocycles. The van der Waals surface area contributed by atoms with Gasteiger partial charge in [-0.2, -0.15) is 0 Å². The topological polar surface area (TPSA) is 52.7 Å². The van der Waals surface area contributed by atoms with Gasteiger partial charge in [0.15, 0.2) is 0 Å². The lowest BCUT2D eigenvalue weighted by molar-refractivity contribution is -0.137. The molecule has 2 fully saturated rings. The summed E-state index contributed by atoms with van der Waals surface area (Å²) in [5, 5.41) is 3.28. The van der Waals surface area contributed by atoms with E-state index in [1.54, 1.807) is 4.90 Å². The third kappa shape index (κ3) is 3.84. The summed E-state index contributed by atoms with van der Waals surface area (Å²) in [6.45, 7) is 3.03. The van der Waals surface area contributed by atoms with Crippen LogP contribution in [0.3, 0.4) is 0 Å². The van der Waals surface area contributed by atoms with Crippen molar-refractivity contribution in [3.05, 3.63) is 66.2 Å². The van der Waals surface area contributed by atoms with Gasteiger partial charge in [0.05, 0.1) is 12.0 Å². The second-order valence-corrected chi connectivity index (χ2v) is 6.84. The van der Waals surface area contributed by atoms with Crippen molar-refractivity contribution >= 4 is 29.9 Å². The Labute approximate surface area is 165 Å². The molecule has 2 atom stereocenters. The minimum atomic E-state index is -0.344. The largest absolute Gasteiger partial charge is 0.340 e. The zero-order chi connectivity index (χ0) is 17.9. The lowest BCUT2D eigenvalue weighted by atomic mass is 9.92. The van der Waals surface area contributed by atoms with Crippen LogP contribution >= 0.6 is 12.4 Å². The van der Waals surface area contributed by atoms with Crippen LogP contribution in [-0.4, -0.2) is 42.9 Å². The van der Waals surface area contributed by atoms with Gasteiger partial charge in [0.1, 0.15) is 0 Å². The van der Waals surface area contributed by atoms with Gasteiger partial charge in [-0.05, 0) is 17.7 Å². The Morgan fingerprint density at radius 3 is 2.15 bits per heavy atom. The van der Waals surface area contributed by atoms with Crippen molar-refractivity contribution in [2.45, 2.75) is 12.5 Å². The maximum absolute atomic E-state index is 13.2. The highest BCUT2D eigenvalue weighted by Crippen LogP contribution is 2.42. The number of hydrogen-bond acceptors (Lipinski definition) is 3. The van der Waals surface area contributed by atoms with Crippen molar-refractivity contribution in [1.29, 1.82) is 0 Å². The maximum Gasteiger partial charge on any atom is 0.228 e. The first-order valence-electron chi connectivity index (χ1n) is 9.17. The standard InChI is InChI=1S/C21H23N3O2.ClH/c25-19-15-18(21(26)23-13-11-22-12-14-23)20(16-7-3-1-4-8-16)24(19)17-9-5-2-6-10-17;/h1-10,18,20,22H,11-15H2;1H/t18-,20-;/m1./s1. The Bertz CT molecular complexity index is 779. The van der Waals surface area contributed by atoms with Crippen LogP contribution in [0.5, 0.6) is 0 Å². The molecule has 2 aliphatic heterocycles. The van der Waals surface area contributed by atoms with E-state index >= 15 is 0 Å². The molecule has 6 heteroatoms. The second kappa shape index (κ2) is 8.55. The summed E-state index contributed by atoms with van der Waals surface area (Å²) in [4.78, 5) is 29.8. The highest BCUT2D eigenvalue weighted by molar-refractivity contribution is 6.01. The molecule has 142 valence electrons. The average Bonchev–Trinajstić information content (AvgIpc) is 3.06. The summed E-state index contributed by atoms with van der Waals surface area (Å²) in [5.41, 5.74) is 1.86. The maximum atomic E-state index is 13.2. The summed E-state index contributed by atoms with van der Waals surface area (Å²) < 4.78 is 0. The summed E-state index contributed by atoms with van der Waals surface area (Å²) in [6.07, 6.45) is 0.261. The SMILES string of the molecule is Cl.O=C([C@@H]1CC(=O)N(c2ccccc2)[C@@H]1c1ccccc1)N1CCNCC1. The van der Waals surface area contributed by atoms with Crippen LogP contribution in [0.2, 0.25) is 0 Å². The van der Waals surface area contributed by atoms with Gasteiger partial charge in [0.2, 0.25) is 11.8 Å². The van der Waals surface area contributed by atoms with Gasteiger partial charge in [-0.1, -0.05) is 48.5 Å². The Balaban J connectivity index is 0.00000210. The Kier molecular flexibility index (Phi) is 6.14. The van der Waals surface area contributed by atoms with Crippen molar-refractivity contribution in [3.63, 3.8) is 0 Å². The number of rotatable bonds is 3. The van der Waals surface area contributed by atoms with Gasteiger partial charge in [0.25, 0.3) is 0 Å². The molecule has 0 unspecified atom stereocenters. The molecule has 0 aliphatic carbocycles. The van der Waals surface area contributed by atoms with Crippen LogP contribution in [0.1, 0.15) is 18.0 Å². The van der Waals surface area contributed by atoms with E-state index in [-0.39, 0.29) is 42.6 Å². The Morgan fingerprint density at radius 1 is 0.926 bits per heavy atom. The molecule has 2 aromatic carbocycles. The molecule has 2 heterocycles. The molecule has 4 rings (SSSR count). The number of piperazine rings is 1. The number of carbonyl (C=O) groups excluding carboxylic acids is 2. The van der Waals surface area contributed by atoms with Crippen molar-refractivity contribution in [3.8, 4) is 0 Å². The first-order valence-corrected chi connectivity index (χ1v) is 9.17. The molecule has 2 aromatic rings. The third-order valence-electron chi connectivity index (χ3n) is 5.24. The van der Waals surface area contributed by atoms with Crippen LogP contribution in [0.25, 0.3) is 0 Å². The monoisotopic (exact) mass is 385 g/mol. The molecule has 0 spiro atoms.